The van der Waals surface area contributed by atoms with Crippen LogP contribution in [-0.4, -0.2) is 17.3 Å². The third-order valence-electron chi connectivity index (χ3n) is 4.67. The summed E-state index contributed by atoms with van der Waals surface area (Å²) < 4.78 is 86.0. The van der Waals surface area contributed by atoms with E-state index < -0.39 is 30.0 Å². The summed E-state index contributed by atoms with van der Waals surface area (Å²) in [4.78, 5) is 16.4. The van der Waals surface area contributed by atoms with Crippen molar-refractivity contribution in [2.75, 3.05) is 5.32 Å². The summed E-state index contributed by atoms with van der Waals surface area (Å²) in [5.74, 6) is -2.57. The Hall–Kier alpha value is -4.28. The van der Waals surface area contributed by atoms with Crippen LogP contribution in [0.3, 0.4) is 0 Å². The van der Waals surface area contributed by atoms with E-state index in [0.717, 1.165) is 24.3 Å². The molecule has 0 saturated carbocycles. The Bertz CT molecular complexity index is 1310. The first-order chi connectivity index (χ1) is 16.5. The minimum absolute atomic E-state index is 0.0682. The van der Waals surface area contributed by atoms with Gasteiger partial charge in [-0.25, -0.2) is 4.98 Å². The predicted molar refractivity (Wildman–Crippen MR) is 113 cm³/mol. The van der Waals surface area contributed by atoms with Crippen molar-refractivity contribution in [3.05, 3.63) is 90.2 Å². The van der Waals surface area contributed by atoms with Crippen LogP contribution in [0.4, 0.5) is 32.0 Å². The van der Waals surface area contributed by atoms with E-state index in [1.807, 2.05) is 0 Å². The topological polar surface area (TPSA) is 64.4 Å². The van der Waals surface area contributed by atoms with E-state index in [1.165, 1.54) is 36.4 Å². The van der Waals surface area contributed by atoms with E-state index in [-0.39, 0.29) is 28.3 Å². The average Bonchev–Trinajstić information content (AvgIpc) is 3.26. The van der Waals surface area contributed by atoms with Crippen molar-refractivity contribution in [1.29, 1.82) is 0 Å². The molecule has 1 heterocycles. The van der Waals surface area contributed by atoms with E-state index >= 15 is 0 Å². The lowest BCUT2D eigenvalue weighted by molar-refractivity contribution is -0.274. The number of nitrogens with zero attached hydrogens (tertiary/aromatic N) is 1. The second-order valence-electron chi connectivity index (χ2n) is 7.16. The maximum Gasteiger partial charge on any atom is 0.573 e. The number of aromatic nitrogens is 1. The zero-order valence-electron chi connectivity index (χ0n) is 17.4. The second kappa shape index (κ2) is 9.16. The van der Waals surface area contributed by atoms with Gasteiger partial charge in [-0.2, -0.15) is 13.2 Å². The molecule has 0 radical (unpaired) electrons. The summed E-state index contributed by atoms with van der Waals surface area (Å²) in [6.07, 6.45) is -9.61. The summed E-state index contributed by atoms with van der Waals surface area (Å²) in [5, 5.41) is 2.54. The summed E-state index contributed by atoms with van der Waals surface area (Å²) in [7, 11) is 0. The average molecular weight is 492 g/mol. The molecule has 1 amide bonds. The van der Waals surface area contributed by atoms with E-state index in [4.69, 9.17) is 4.42 Å². The zero-order chi connectivity index (χ0) is 25.2. The number of nitrogens with one attached hydrogen (secondary N) is 1. The number of carbonyl (C=O) groups excluding carboxylic acids is 1. The first kappa shape index (κ1) is 23.9. The van der Waals surface area contributed by atoms with Crippen LogP contribution in [0.2, 0.25) is 0 Å². The van der Waals surface area contributed by atoms with Crippen molar-refractivity contribution in [1.82, 2.24) is 4.98 Å². The molecule has 0 spiro atoms. The number of rotatable bonds is 5. The first-order valence-electron chi connectivity index (χ1n) is 9.91. The van der Waals surface area contributed by atoms with Gasteiger partial charge >= 0.3 is 12.5 Å². The normalized spacial score (nSPS) is 11.8. The highest BCUT2D eigenvalue weighted by Crippen LogP contribution is 2.39. The lowest BCUT2D eigenvalue weighted by Crippen LogP contribution is -2.17. The van der Waals surface area contributed by atoms with Crippen molar-refractivity contribution >= 4 is 11.6 Å². The van der Waals surface area contributed by atoms with Gasteiger partial charge in [-0.05, 0) is 48.5 Å². The van der Waals surface area contributed by atoms with Gasteiger partial charge < -0.3 is 14.5 Å². The quantitative estimate of drug-likeness (QED) is 0.300. The van der Waals surface area contributed by atoms with E-state index in [2.05, 4.69) is 15.0 Å². The Labute approximate surface area is 194 Å². The Kier molecular flexibility index (Phi) is 6.25. The molecule has 0 aliphatic rings. The molecule has 0 aliphatic heterocycles. The fourth-order valence-corrected chi connectivity index (χ4v) is 3.13. The highest BCUT2D eigenvalue weighted by molar-refractivity contribution is 6.04. The predicted octanol–water partition coefficient (Wildman–Crippen LogP) is 7.18. The number of hydrogen-bond donors (Lipinski definition) is 1. The number of carbonyl (C=O) groups is 1. The fourth-order valence-electron chi connectivity index (χ4n) is 3.13. The SMILES string of the molecule is O=C(Nc1ccc(-c2nc(-c3ccccc3)c(C(F)(F)F)o2)cc1)c1ccc(OC(F)(F)F)cc1. The van der Waals surface area contributed by atoms with Gasteiger partial charge in [0.25, 0.3) is 5.91 Å². The zero-order valence-corrected chi connectivity index (χ0v) is 17.4. The third-order valence-corrected chi connectivity index (χ3v) is 4.67. The summed E-state index contributed by atoms with van der Waals surface area (Å²) in [5.41, 5.74) is 0.497. The molecule has 0 bridgehead atoms. The molecule has 3 aromatic carbocycles. The fraction of sp³-hybridized carbons (Fsp3) is 0.0833. The number of benzene rings is 3. The number of ether oxygens (including phenoxy) is 1. The van der Waals surface area contributed by atoms with Crippen LogP contribution in [0.5, 0.6) is 5.75 Å². The van der Waals surface area contributed by atoms with Crippen LogP contribution in [-0.2, 0) is 6.18 Å². The van der Waals surface area contributed by atoms with Crippen LogP contribution >= 0.6 is 0 Å². The molecule has 1 aromatic heterocycles. The minimum atomic E-state index is -4.85. The van der Waals surface area contributed by atoms with Crippen LogP contribution < -0.4 is 10.1 Å². The molecule has 0 atom stereocenters. The number of oxazole rings is 1. The lowest BCUT2D eigenvalue weighted by Gasteiger charge is -2.09. The Morgan fingerprint density at radius 1 is 0.800 bits per heavy atom. The minimum Gasteiger partial charge on any atom is -0.431 e. The number of anilines is 1. The Balaban J connectivity index is 1.51. The van der Waals surface area contributed by atoms with Crippen LogP contribution in [0.15, 0.2) is 83.3 Å². The maximum absolute atomic E-state index is 13.5. The van der Waals surface area contributed by atoms with Crippen LogP contribution in [0.25, 0.3) is 22.7 Å². The van der Waals surface area contributed by atoms with Crippen LogP contribution in [0.1, 0.15) is 16.1 Å². The molecule has 0 aliphatic carbocycles. The largest absolute Gasteiger partial charge is 0.573 e. The summed E-state index contributed by atoms with van der Waals surface area (Å²) in [6.45, 7) is 0. The van der Waals surface area contributed by atoms with Crippen molar-refractivity contribution in [2.24, 2.45) is 0 Å². The number of amides is 1. The monoisotopic (exact) mass is 492 g/mol. The molecule has 180 valence electrons. The van der Waals surface area contributed by atoms with Crippen molar-refractivity contribution in [3.63, 3.8) is 0 Å². The lowest BCUT2D eigenvalue weighted by atomic mass is 10.1. The number of alkyl halides is 6. The summed E-state index contributed by atoms with van der Waals surface area (Å²) in [6, 6.07) is 17.8. The second-order valence-corrected chi connectivity index (χ2v) is 7.16. The Morgan fingerprint density at radius 3 is 2.00 bits per heavy atom. The van der Waals surface area contributed by atoms with Gasteiger partial charge in [-0.1, -0.05) is 30.3 Å². The van der Waals surface area contributed by atoms with Gasteiger partial charge in [0, 0.05) is 22.4 Å². The molecule has 4 aromatic rings. The molecule has 0 saturated heterocycles. The standard InChI is InChI=1S/C24H14F6N2O3/c25-23(26,27)20-19(14-4-2-1-3-5-14)32-22(34-20)16-6-10-17(11-7-16)31-21(33)15-8-12-18(13-9-15)35-24(28,29)30/h1-13H,(H,31,33). The number of halogens is 6. The molecule has 1 N–H and O–H groups in total. The molecular formula is C24H14F6N2O3. The smallest absolute Gasteiger partial charge is 0.431 e. The van der Waals surface area contributed by atoms with Crippen molar-refractivity contribution in [2.45, 2.75) is 12.5 Å². The summed E-state index contributed by atoms with van der Waals surface area (Å²) >= 11 is 0. The van der Waals surface area contributed by atoms with Gasteiger partial charge in [-0.3, -0.25) is 4.79 Å². The van der Waals surface area contributed by atoms with E-state index in [0.29, 0.717) is 5.69 Å². The van der Waals surface area contributed by atoms with Crippen LogP contribution in [0, 0.1) is 0 Å². The van der Waals surface area contributed by atoms with E-state index in [1.54, 1.807) is 18.2 Å². The maximum atomic E-state index is 13.5. The molecule has 0 unspecified atom stereocenters. The Morgan fingerprint density at radius 2 is 1.43 bits per heavy atom. The van der Waals surface area contributed by atoms with Gasteiger partial charge in [0.15, 0.2) is 0 Å². The highest BCUT2D eigenvalue weighted by atomic mass is 19.4. The van der Waals surface area contributed by atoms with E-state index in [9.17, 15) is 31.1 Å². The van der Waals surface area contributed by atoms with Crippen molar-refractivity contribution in [3.8, 4) is 28.5 Å². The first-order valence-corrected chi connectivity index (χ1v) is 9.91. The number of hydrogen-bond acceptors (Lipinski definition) is 4. The molecule has 4 rings (SSSR count). The third kappa shape index (κ3) is 5.81. The molecular weight excluding hydrogens is 478 g/mol. The van der Waals surface area contributed by atoms with Gasteiger partial charge in [0.05, 0.1) is 0 Å². The molecule has 11 heteroatoms. The van der Waals surface area contributed by atoms with Gasteiger partial charge in [0.2, 0.25) is 11.7 Å². The molecule has 35 heavy (non-hydrogen) atoms. The molecule has 5 nitrogen and oxygen atoms in total. The van der Waals surface area contributed by atoms with Gasteiger partial charge in [0.1, 0.15) is 11.4 Å². The highest BCUT2D eigenvalue weighted by Gasteiger charge is 2.40. The van der Waals surface area contributed by atoms with Gasteiger partial charge in [-0.15, -0.1) is 13.2 Å². The molecule has 0 fully saturated rings. The van der Waals surface area contributed by atoms with Crippen molar-refractivity contribution < 1.29 is 40.3 Å².